The van der Waals surface area contributed by atoms with Gasteiger partial charge in [-0.3, -0.25) is 9.35 Å². The molecular formula is C21H26N3O6S+. The molecule has 0 radical (unpaired) electrons. The van der Waals surface area contributed by atoms with Crippen LogP contribution in [0, 0.1) is 0 Å². The highest BCUT2D eigenvalue weighted by atomic mass is 32.2. The van der Waals surface area contributed by atoms with E-state index in [1.165, 1.54) is 0 Å². The van der Waals surface area contributed by atoms with Crippen molar-refractivity contribution in [3.8, 4) is 11.5 Å². The number of carbonyl (C=O) groups is 1. The van der Waals surface area contributed by atoms with Crippen LogP contribution in [-0.2, 0) is 14.9 Å². The van der Waals surface area contributed by atoms with Gasteiger partial charge in [-0.1, -0.05) is 0 Å². The lowest BCUT2D eigenvalue weighted by Crippen LogP contribution is -2.31. The van der Waals surface area contributed by atoms with Crippen LogP contribution in [0.15, 0.2) is 40.8 Å². The van der Waals surface area contributed by atoms with Gasteiger partial charge in [0.2, 0.25) is 5.36 Å². The van der Waals surface area contributed by atoms with Gasteiger partial charge in [0.25, 0.3) is 10.1 Å². The number of carboxylic acid groups (broad SMARTS) is 1. The van der Waals surface area contributed by atoms with Crippen molar-refractivity contribution >= 4 is 32.9 Å². The number of fused-ring (bicyclic) bond motifs is 2. The second-order valence-corrected chi connectivity index (χ2v) is 8.87. The maximum atomic E-state index is 11.0. The van der Waals surface area contributed by atoms with Crippen LogP contribution in [0.25, 0.3) is 22.6 Å². The fraction of sp³-hybridized carbons (Fsp3) is 0.381. The van der Waals surface area contributed by atoms with E-state index in [0.717, 1.165) is 11.0 Å². The number of nitrogens with zero attached hydrogens (tertiary/aromatic N) is 3. The lowest BCUT2D eigenvalue weighted by Gasteiger charge is -2.18. The number of rotatable bonds is 9. The number of anilines is 1. The zero-order chi connectivity index (χ0) is 22.6. The lowest BCUT2D eigenvalue weighted by atomic mass is 10.2. The molecule has 3 rings (SSSR count). The number of aliphatic carboxylic acids is 1. The van der Waals surface area contributed by atoms with Crippen LogP contribution in [0.4, 0.5) is 5.69 Å². The molecule has 0 fully saturated rings. The SMILES string of the molecule is CC/[N+](CCCS(=O)(=O)O)=c1/ccc2nc3ccc(N(C)CCC(=O)O)cc3oc-2c1. The van der Waals surface area contributed by atoms with Gasteiger partial charge in [-0.05, 0) is 25.1 Å². The normalized spacial score (nSPS) is 12.9. The maximum Gasteiger partial charge on any atom is 0.305 e. The summed E-state index contributed by atoms with van der Waals surface area (Å²) in [7, 11) is -2.16. The van der Waals surface area contributed by atoms with Crippen molar-refractivity contribution < 1.29 is 27.3 Å². The molecule has 9 nitrogen and oxygen atoms in total. The van der Waals surface area contributed by atoms with E-state index in [0.29, 0.717) is 48.6 Å². The standard InChI is InChI=1S/C21H25N3O6S/c1-3-24(10-4-12-31(27,28)29)16-6-8-18-20(14-16)30-19-13-15(5-7-17(19)22-18)23(2)11-9-21(25)26/h5-8,13-14H,3-4,9-12H2,1-2H3,(H-,25,26,27,28,29)/p+1. The minimum Gasteiger partial charge on any atom is -0.481 e. The monoisotopic (exact) mass is 448 g/mol. The number of aromatic nitrogens is 1. The van der Waals surface area contributed by atoms with E-state index in [-0.39, 0.29) is 12.2 Å². The first-order chi connectivity index (χ1) is 14.7. The molecule has 1 heterocycles. The van der Waals surface area contributed by atoms with Gasteiger partial charge in [0.1, 0.15) is 24.3 Å². The second-order valence-electron chi connectivity index (χ2n) is 7.30. The minimum absolute atomic E-state index is 0.0371. The van der Waals surface area contributed by atoms with Crippen molar-refractivity contribution in [3.63, 3.8) is 0 Å². The number of carboxylic acids is 1. The highest BCUT2D eigenvalue weighted by molar-refractivity contribution is 7.85. The van der Waals surface area contributed by atoms with Crippen molar-refractivity contribution in [3.05, 3.63) is 41.8 Å². The van der Waals surface area contributed by atoms with E-state index in [2.05, 4.69) is 4.98 Å². The molecule has 0 saturated heterocycles. The Morgan fingerprint density at radius 3 is 2.68 bits per heavy atom. The average molecular weight is 449 g/mol. The third-order valence-electron chi connectivity index (χ3n) is 5.03. The van der Waals surface area contributed by atoms with E-state index in [9.17, 15) is 13.2 Å². The minimum atomic E-state index is -3.98. The first-order valence-corrected chi connectivity index (χ1v) is 11.6. The van der Waals surface area contributed by atoms with Crippen molar-refractivity contribution in [1.29, 1.82) is 0 Å². The molecule has 1 aromatic rings. The summed E-state index contributed by atoms with van der Waals surface area (Å²) < 4.78 is 39.0. The van der Waals surface area contributed by atoms with Gasteiger partial charge >= 0.3 is 5.97 Å². The van der Waals surface area contributed by atoms with E-state index in [1.807, 2.05) is 59.8 Å². The quantitative estimate of drug-likeness (QED) is 0.289. The van der Waals surface area contributed by atoms with E-state index in [4.69, 9.17) is 14.1 Å². The molecule has 0 amide bonds. The summed E-state index contributed by atoms with van der Waals surface area (Å²) in [5.74, 6) is -0.551. The summed E-state index contributed by atoms with van der Waals surface area (Å²) in [5, 5.41) is 9.75. The summed E-state index contributed by atoms with van der Waals surface area (Å²) >= 11 is 0. The van der Waals surface area contributed by atoms with E-state index < -0.39 is 16.1 Å². The van der Waals surface area contributed by atoms with Crippen molar-refractivity contribution in [2.45, 2.75) is 19.8 Å². The third kappa shape index (κ3) is 6.02. The maximum absolute atomic E-state index is 11.0. The highest BCUT2D eigenvalue weighted by Gasteiger charge is 2.14. The Morgan fingerprint density at radius 1 is 1.23 bits per heavy atom. The van der Waals surface area contributed by atoms with Gasteiger partial charge in [-0.25, -0.2) is 9.56 Å². The Hall–Kier alpha value is -2.98. The molecular weight excluding hydrogens is 422 g/mol. The summed E-state index contributed by atoms with van der Waals surface area (Å²) in [6.45, 7) is 3.48. The molecule has 0 atom stereocenters. The van der Waals surface area contributed by atoms with Gasteiger partial charge in [0, 0.05) is 37.8 Å². The molecule has 10 heteroatoms. The summed E-state index contributed by atoms with van der Waals surface area (Å²) in [4.78, 5) is 17.3. The molecule has 0 bridgehead atoms. The molecule has 1 aromatic carbocycles. The third-order valence-corrected chi connectivity index (χ3v) is 5.83. The molecule has 2 aliphatic rings. The number of hydrogen-bond acceptors (Lipinski definition) is 6. The first-order valence-electron chi connectivity index (χ1n) is 9.97. The largest absolute Gasteiger partial charge is 0.481 e. The van der Waals surface area contributed by atoms with Crippen LogP contribution in [-0.4, -0.2) is 61.5 Å². The number of hydrogen-bond donors (Lipinski definition) is 2. The molecule has 2 N–H and O–H groups in total. The molecule has 1 aliphatic carbocycles. The Balaban J connectivity index is 1.96. The zero-order valence-corrected chi connectivity index (χ0v) is 18.3. The van der Waals surface area contributed by atoms with E-state index in [1.54, 1.807) is 0 Å². The summed E-state index contributed by atoms with van der Waals surface area (Å²) in [5.41, 5.74) is 2.79. The zero-order valence-electron chi connectivity index (χ0n) is 17.5. The number of benzene rings is 2. The molecule has 31 heavy (non-hydrogen) atoms. The van der Waals surface area contributed by atoms with Gasteiger partial charge in [0.15, 0.2) is 11.3 Å². The summed E-state index contributed by atoms with van der Waals surface area (Å²) in [6, 6.07) is 11.2. The van der Waals surface area contributed by atoms with Crippen LogP contribution in [0.3, 0.4) is 0 Å². The van der Waals surface area contributed by atoms with Gasteiger partial charge in [-0.2, -0.15) is 8.42 Å². The highest BCUT2D eigenvalue weighted by Crippen LogP contribution is 2.26. The van der Waals surface area contributed by atoms with Crippen molar-refractivity contribution in [2.75, 3.05) is 37.3 Å². The molecule has 0 saturated carbocycles. The van der Waals surface area contributed by atoms with Gasteiger partial charge in [0.05, 0.1) is 18.2 Å². The van der Waals surface area contributed by atoms with Crippen LogP contribution < -0.4 is 14.8 Å². The van der Waals surface area contributed by atoms with Gasteiger partial charge < -0.3 is 14.4 Å². The molecule has 166 valence electrons. The molecule has 1 aliphatic heterocycles. The van der Waals surface area contributed by atoms with Gasteiger partial charge in [-0.15, -0.1) is 0 Å². The average Bonchev–Trinajstić information content (AvgIpc) is 2.72. The topological polar surface area (TPSA) is 124 Å². The van der Waals surface area contributed by atoms with Crippen molar-refractivity contribution in [1.82, 2.24) is 9.56 Å². The molecule has 0 unspecified atom stereocenters. The fourth-order valence-corrected chi connectivity index (χ4v) is 3.83. The summed E-state index contributed by atoms with van der Waals surface area (Å²) in [6.07, 6.45) is 0.347. The lowest BCUT2D eigenvalue weighted by molar-refractivity contribution is -0.136. The van der Waals surface area contributed by atoms with Crippen molar-refractivity contribution in [2.24, 2.45) is 0 Å². The van der Waals surface area contributed by atoms with E-state index >= 15 is 0 Å². The fourth-order valence-electron chi connectivity index (χ4n) is 3.34. The van der Waals surface area contributed by atoms with Crippen LogP contribution in [0.1, 0.15) is 19.8 Å². The predicted molar refractivity (Wildman–Crippen MR) is 118 cm³/mol. The Kier molecular flexibility index (Phi) is 6.91. The van der Waals surface area contributed by atoms with Crippen LogP contribution in [0.5, 0.6) is 0 Å². The molecule has 0 spiro atoms. The predicted octanol–water partition coefficient (Wildman–Crippen LogP) is 1.91. The molecule has 0 aromatic heterocycles. The van der Waals surface area contributed by atoms with Crippen LogP contribution in [0.2, 0.25) is 0 Å². The Bertz CT molecular complexity index is 1240. The smallest absolute Gasteiger partial charge is 0.305 e. The Labute approximate surface area is 180 Å². The first kappa shape index (κ1) is 22.7. The Morgan fingerprint density at radius 2 is 2.00 bits per heavy atom. The second kappa shape index (κ2) is 9.44. The van der Waals surface area contributed by atoms with Crippen LogP contribution >= 0.6 is 0 Å².